The van der Waals surface area contributed by atoms with E-state index in [0.717, 1.165) is 18.4 Å². The number of methoxy groups -OCH3 is 1. The first-order valence-corrected chi connectivity index (χ1v) is 11.4. The molecule has 2 aromatic rings. The van der Waals surface area contributed by atoms with Crippen LogP contribution >= 0.6 is 22.9 Å². The van der Waals surface area contributed by atoms with E-state index < -0.39 is 37.1 Å². The molecule has 1 aromatic carbocycles. The third-order valence-electron chi connectivity index (χ3n) is 6.01. The summed E-state index contributed by atoms with van der Waals surface area (Å²) in [4.78, 5) is 2.68. The molecule has 0 spiro atoms. The fraction of sp³-hybridized carbons (Fsp3) is 0.545. The highest BCUT2D eigenvalue weighted by Crippen LogP contribution is 2.40. The van der Waals surface area contributed by atoms with Gasteiger partial charge < -0.3 is 29.9 Å². The molecule has 8 heteroatoms. The van der Waals surface area contributed by atoms with Crippen molar-refractivity contribution in [3.05, 3.63) is 49.7 Å². The fourth-order valence-corrected chi connectivity index (χ4v) is 5.84. The number of aliphatic hydroxyl groups is 4. The molecular weight excluding hydrogens is 428 g/mol. The van der Waals surface area contributed by atoms with Crippen molar-refractivity contribution in [2.75, 3.05) is 13.7 Å². The van der Waals surface area contributed by atoms with Gasteiger partial charge in [-0.2, -0.15) is 0 Å². The lowest BCUT2D eigenvalue weighted by Gasteiger charge is -2.40. The lowest BCUT2D eigenvalue weighted by molar-refractivity contribution is -0.232. The van der Waals surface area contributed by atoms with Crippen LogP contribution in [0.1, 0.15) is 45.4 Å². The van der Waals surface area contributed by atoms with Crippen molar-refractivity contribution in [3.63, 3.8) is 0 Å². The van der Waals surface area contributed by atoms with Crippen LogP contribution in [0.25, 0.3) is 0 Å². The van der Waals surface area contributed by atoms with Crippen molar-refractivity contribution in [2.45, 2.75) is 62.6 Å². The highest BCUT2D eigenvalue weighted by atomic mass is 35.5. The number of ether oxygens (including phenoxy) is 2. The smallest absolute Gasteiger partial charge is 0.126 e. The summed E-state index contributed by atoms with van der Waals surface area (Å²) < 4.78 is 11.2. The third kappa shape index (κ3) is 4.12. The molecule has 2 heterocycles. The summed E-state index contributed by atoms with van der Waals surface area (Å²) in [6, 6.07) is 5.76. The standard InChI is InChI=1S/C22H27ClO6S/c1-28-16-9-15(23)12(7-13-6-11-4-2-3-5-18(11)30-13)8-14(16)22-21(27)20(26)19(25)17(10-24)29-22/h6,8-9,17,19-22,24-27H,2-5,7,10H2,1H3/t17-,19-,20+,21-,22+/m1/s1. The Morgan fingerprint density at radius 1 is 1.10 bits per heavy atom. The van der Waals surface area contributed by atoms with Crippen LogP contribution in [0.15, 0.2) is 18.2 Å². The zero-order valence-electron chi connectivity index (χ0n) is 16.8. The molecule has 1 fully saturated rings. The van der Waals surface area contributed by atoms with E-state index in [1.807, 2.05) is 17.4 Å². The molecule has 0 amide bonds. The average molecular weight is 455 g/mol. The molecule has 1 saturated heterocycles. The first-order chi connectivity index (χ1) is 14.4. The van der Waals surface area contributed by atoms with Gasteiger partial charge in [-0.3, -0.25) is 0 Å². The molecule has 4 N–H and O–H groups in total. The molecule has 30 heavy (non-hydrogen) atoms. The maximum absolute atomic E-state index is 10.6. The van der Waals surface area contributed by atoms with Crippen molar-refractivity contribution in [3.8, 4) is 5.75 Å². The largest absolute Gasteiger partial charge is 0.496 e. The average Bonchev–Trinajstić information content (AvgIpc) is 3.16. The number of aryl methyl sites for hydroxylation is 2. The van der Waals surface area contributed by atoms with E-state index in [4.69, 9.17) is 21.1 Å². The lowest BCUT2D eigenvalue weighted by Crippen LogP contribution is -2.55. The van der Waals surface area contributed by atoms with Crippen LogP contribution in [0.3, 0.4) is 0 Å². The van der Waals surface area contributed by atoms with Crippen molar-refractivity contribution in [1.82, 2.24) is 0 Å². The molecule has 0 unspecified atom stereocenters. The van der Waals surface area contributed by atoms with Gasteiger partial charge in [-0.05, 0) is 55.0 Å². The van der Waals surface area contributed by atoms with E-state index in [-0.39, 0.29) is 0 Å². The Kier molecular flexibility index (Phi) is 6.70. The van der Waals surface area contributed by atoms with E-state index in [1.165, 1.54) is 35.3 Å². The van der Waals surface area contributed by atoms with E-state index >= 15 is 0 Å². The second-order valence-electron chi connectivity index (χ2n) is 7.98. The topological polar surface area (TPSA) is 99.4 Å². The van der Waals surface area contributed by atoms with Gasteiger partial charge >= 0.3 is 0 Å². The Morgan fingerprint density at radius 3 is 2.57 bits per heavy atom. The summed E-state index contributed by atoms with van der Waals surface area (Å²) in [5.41, 5.74) is 2.82. The quantitative estimate of drug-likeness (QED) is 0.553. The summed E-state index contributed by atoms with van der Waals surface area (Å²) in [5, 5.41) is 40.9. The van der Waals surface area contributed by atoms with E-state index in [0.29, 0.717) is 22.8 Å². The second kappa shape index (κ2) is 9.12. The van der Waals surface area contributed by atoms with E-state index in [2.05, 4.69) is 6.07 Å². The number of aliphatic hydroxyl groups excluding tert-OH is 4. The molecule has 1 aromatic heterocycles. The predicted molar refractivity (Wildman–Crippen MR) is 114 cm³/mol. The van der Waals surface area contributed by atoms with Gasteiger partial charge in [0, 0.05) is 26.8 Å². The van der Waals surface area contributed by atoms with Gasteiger partial charge in [-0.25, -0.2) is 0 Å². The minimum Gasteiger partial charge on any atom is -0.496 e. The Bertz CT molecular complexity index is 874. The monoisotopic (exact) mass is 454 g/mol. The molecule has 6 nitrogen and oxygen atoms in total. The molecule has 0 saturated carbocycles. The van der Waals surface area contributed by atoms with Gasteiger partial charge in [0.1, 0.15) is 36.3 Å². The molecular formula is C22H27ClO6S. The van der Waals surface area contributed by atoms with Crippen LogP contribution in [0, 0.1) is 0 Å². The maximum Gasteiger partial charge on any atom is 0.126 e. The zero-order valence-corrected chi connectivity index (χ0v) is 18.3. The molecule has 2 aliphatic rings. The first kappa shape index (κ1) is 22.0. The second-order valence-corrected chi connectivity index (χ2v) is 9.61. The molecule has 164 valence electrons. The number of thiophene rings is 1. The van der Waals surface area contributed by atoms with Crippen molar-refractivity contribution >= 4 is 22.9 Å². The van der Waals surface area contributed by atoms with Crippen LogP contribution in [-0.2, 0) is 24.0 Å². The number of hydrogen-bond donors (Lipinski definition) is 4. The van der Waals surface area contributed by atoms with Gasteiger partial charge in [0.25, 0.3) is 0 Å². The van der Waals surface area contributed by atoms with Crippen molar-refractivity contribution < 1.29 is 29.9 Å². The summed E-state index contributed by atoms with van der Waals surface area (Å²) in [6.45, 7) is -0.481. The van der Waals surface area contributed by atoms with Crippen LogP contribution in [0.2, 0.25) is 5.02 Å². The Hall–Kier alpha value is -1.19. The maximum atomic E-state index is 10.6. The van der Waals surface area contributed by atoms with Gasteiger partial charge in [0.05, 0.1) is 13.7 Å². The summed E-state index contributed by atoms with van der Waals surface area (Å²) in [5.74, 6) is 0.415. The summed E-state index contributed by atoms with van der Waals surface area (Å²) in [6.07, 6.45) is -0.824. The van der Waals surface area contributed by atoms with Crippen LogP contribution < -0.4 is 4.74 Å². The van der Waals surface area contributed by atoms with E-state index in [9.17, 15) is 20.4 Å². The first-order valence-electron chi connectivity index (χ1n) is 10.2. The number of rotatable bonds is 5. The van der Waals surface area contributed by atoms with Gasteiger partial charge in [0.15, 0.2) is 0 Å². The number of fused-ring (bicyclic) bond motifs is 1. The molecule has 1 aliphatic heterocycles. The fourth-order valence-electron chi connectivity index (χ4n) is 4.34. The lowest BCUT2D eigenvalue weighted by atomic mass is 9.89. The Labute approximate surface area is 184 Å². The highest BCUT2D eigenvalue weighted by molar-refractivity contribution is 7.12. The predicted octanol–water partition coefficient (Wildman–Crippen LogP) is 2.39. The van der Waals surface area contributed by atoms with E-state index in [1.54, 1.807) is 6.07 Å². The van der Waals surface area contributed by atoms with Crippen LogP contribution in [0.5, 0.6) is 5.75 Å². The van der Waals surface area contributed by atoms with Crippen molar-refractivity contribution in [1.29, 1.82) is 0 Å². The molecule has 5 atom stereocenters. The number of benzene rings is 1. The number of hydrogen-bond acceptors (Lipinski definition) is 7. The van der Waals surface area contributed by atoms with Crippen molar-refractivity contribution in [2.24, 2.45) is 0 Å². The highest BCUT2D eigenvalue weighted by Gasteiger charge is 2.45. The molecule has 0 radical (unpaired) electrons. The minimum absolute atomic E-state index is 0.415. The Morgan fingerprint density at radius 2 is 1.87 bits per heavy atom. The molecule has 4 rings (SSSR count). The SMILES string of the molecule is COc1cc(Cl)c(Cc2cc3c(s2)CCCC3)cc1[C@@H]1O[C@H](CO)[C@@H](O)[C@H](O)[C@H]1O. The third-order valence-corrected chi connectivity index (χ3v) is 7.60. The van der Waals surface area contributed by atoms with Gasteiger partial charge in [-0.1, -0.05) is 11.6 Å². The normalized spacial score (nSPS) is 28.9. The number of halogens is 1. The van der Waals surface area contributed by atoms with Crippen LogP contribution in [-0.4, -0.2) is 58.6 Å². The van der Waals surface area contributed by atoms with Crippen LogP contribution in [0.4, 0.5) is 0 Å². The van der Waals surface area contributed by atoms with Gasteiger partial charge in [0.2, 0.25) is 0 Å². The molecule has 0 bridgehead atoms. The Balaban J connectivity index is 1.67. The zero-order chi connectivity index (χ0) is 21.4. The summed E-state index contributed by atoms with van der Waals surface area (Å²) in [7, 11) is 1.49. The summed E-state index contributed by atoms with van der Waals surface area (Å²) >= 11 is 8.35. The minimum atomic E-state index is -1.45. The van der Waals surface area contributed by atoms with Gasteiger partial charge in [-0.15, -0.1) is 11.3 Å². The molecule has 1 aliphatic carbocycles.